The van der Waals surface area contributed by atoms with Crippen LogP contribution in [0.25, 0.3) is 6.08 Å². The van der Waals surface area contributed by atoms with Crippen LogP contribution in [0.1, 0.15) is 69.1 Å². The lowest BCUT2D eigenvalue weighted by Gasteiger charge is -2.11. The zero-order valence-electron chi connectivity index (χ0n) is 12.9. The van der Waals surface area contributed by atoms with Gasteiger partial charge in [0.25, 0.3) is 0 Å². The number of rotatable bonds is 10. The minimum atomic E-state index is -0.356. The van der Waals surface area contributed by atoms with Gasteiger partial charge in [0.15, 0.2) is 0 Å². The molecule has 1 rings (SSSR count). The number of aliphatic hydroxyl groups is 1. The molecule has 0 radical (unpaired) electrons. The first kappa shape index (κ1) is 17.4. The molecule has 3 nitrogen and oxygen atoms in total. The molecule has 0 spiro atoms. The third-order valence-corrected chi connectivity index (χ3v) is 3.47. The van der Waals surface area contributed by atoms with Crippen molar-refractivity contribution in [2.24, 2.45) is 5.16 Å². The van der Waals surface area contributed by atoms with Crippen molar-refractivity contribution in [2.75, 3.05) is 0 Å². The molecule has 1 aromatic carbocycles. The van der Waals surface area contributed by atoms with Crippen LogP contribution in [0.4, 0.5) is 0 Å². The molecule has 0 aliphatic rings. The van der Waals surface area contributed by atoms with Crippen LogP contribution in [0.15, 0.2) is 35.5 Å². The Balaban J connectivity index is 2.45. The van der Waals surface area contributed by atoms with E-state index in [0.29, 0.717) is 0 Å². The number of hydrogen-bond acceptors (Lipinski definition) is 3. The molecule has 0 aliphatic carbocycles. The van der Waals surface area contributed by atoms with Crippen molar-refractivity contribution in [1.29, 1.82) is 0 Å². The zero-order chi connectivity index (χ0) is 15.3. The maximum Gasteiger partial charge on any atom is 0.0790 e. The van der Waals surface area contributed by atoms with Gasteiger partial charge >= 0.3 is 0 Å². The van der Waals surface area contributed by atoms with Gasteiger partial charge in [0.1, 0.15) is 0 Å². The Morgan fingerprint density at radius 2 is 2.05 bits per heavy atom. The average molecular weight is 289 g/mol. The summed E-state index contributed by atoms with van der Waals surface area (Å²) in [4.78, 5) is 0. The molecular weight excluding hydrogens is 262 g/mol. The fourth-order valence-corrected chi connectivity index (χ4v) is 2.23. The van der Waals surface area contributed by atoms with Gasteiger partial charge in [-0.05, 0) is 42.9 Å². The maximum atomic E-state index is 10.2. The summed E-state index contributed by atoms with van der Waals surface area (Å²) < 4.78 is 0. The molecule has 0 saturated heterocycles. The molecule has 0 fully saturated rings. The van der Waals surface area contributed by atoms with Crippen LogP contribution in [0.3, 0.4) is 0 Å². The van der Waals surface area contributed by atoms with E-state index in [1.807, 2.05) is 18.2 Å². The molecule has 0 saturated carbocycles. The molecule has 0 amide bonds. The Morgan fingerprint density at radius 1 is 1.19 bits per heavy atom. The van der Waals surface area contributed by atoms with Gasteiger partial charge in [-0.25, -0.2) is 0 Å². The first-order valence-corrected chi connectivity index (χ1v) is 7.88. The summed E-state index contributed by atoms with van der Waals surface area (Å²) >= 11 is 0. The zero-order valence-corrected chi connectivity index (χ0v) is 12.9. The molecule has 0 aliphatic heterocycles. The molecular formula is C18H27NO2. The largest absolute Gasteiger partial charge is 0.411 e. The summed E-state index contributed by atoms with van der Waals surface area (Å²) in [6.45, 7) is 2.17. The predicted octanol–water partition coefficient (Wildman–Crippen LogP) is 4.94. The monoisotopic (exact) mass is 289 g/mol. The Kier molecular flexibility index (Phi) is 9.21. The molecule has 0 aromatic heterocycles. The quantitative estimate of drug-likeness (QED) is 0.277. The first-order chi connectivity index (χ1) is 10.3. The second kappa shape index (κ2) is 11.1. The van der Waals surface area contributed by atoms with Gasteiger partial charge in [-0.3, -0.25) is 0 Å². The van der Waals surface area contributed by atoms with Crippen molar-refractivity contribution in [3.05, 3.63) is 41.5 Å². The number of unbranched alkanes of at least 4 members (excludes halogenated alkanes) is 4. The first-order valence-electron chi connectivity index (χ1n) is 7.88. The Hall–Kier alpha value is -1.61. The molecule has 21 heavy (non-hydrogen) atoms. The summed E-state index contributed by atoms with van der Waals surface area (Å²) in [6.07, 6.45) is 12.3. The molecule has 116 valence electrons. The number of hydrogen-bond donors (Lipinski definition) is 2. The predicted molar refractivity (Wildman–Crippen MR) is 88.7 cm³/mol. The van der Waals surface area contributed by atoms with E-state index in [4.69, 9.17) is 5.21 Å². The van der Waals surface area contributed by atoms with Crippen molar-refractivity contribution < 1.29 is 10.3 Å². The Labute approximate surface area is 128 Å². The van der Waals surface area contributed by atoms with E-state index in [-0.39, 0.29) is 6.10 Å². The van der Waals surface area contributed by atoms with E-state index >= 15 is 0 Å². The second-order valence-electron chi connectivity index (χ2n) is 5.31. The number of benzene rings is 1. The highest BCUT2D eigenvalue weighted by Crippen LogP contribution is 2.21. The maximum absolute atomic E-state index is 10.2. The molecule has 2 N–H and O–H groups in total. The third-order valence-electron chi connectivity index (χ3n) is 3.47. The van der Waals surface area contributed by atoms with Gasteiger partial charge in [-0.15, -0.1) is 5.16 Å². The van der Waals surface area contributed by atoms with Crippen LogP contribution >= 0.6 is 0 Å². The van der Waals surface area contributed by atoms with Crippen LogP contribution < -0.4 is 0 Å². The molecule has 0 bridgehead atoms. The Morgan fingerprint density at radius 3 is 2.81 bits per heavy atom. The van der Waals surface area contributed by atoms with Crippen molar-refractivity contribution in [3.8, 4) is 0 Å². The Bertz CT molecular complexity index is 441. The van der Waals surface area contributed by atoms with Gasteiger partial charge in [0.05, 0.1) is 6.10 Å². The summed E-state index contributed by atoms with van der Waals surface area (Å²) in [5.41, 5.74) is 2.12. The van der Waals surface area contributed by atoms with Crippen LogP contribution in [0.5, 0.6) is 0 Å². The normalized spacial score (nSPS) is 13.2. The van der Waals surface area contributed by atoms with E-state index in [2.05, 4.69) is 30.3 Å². The van der Waals surface area contributed by atoms with E-state index in [9.17, 15) is 5.11 Å². The SMILES string of the molecule is CCCCCC(O)c1cccc(/C=C\CCC/C=N/O)c1. The number of aliphatic hydroxyl groups excluding tert-OH is 1. The van der Waals surface area contributed by atoms with Gasteiger partial charge < -0.3 is 10.3 Å². The minimum Gasteiger partial charge on any atom is -0.411 e. The van der Waals surface area contributed by atoms with E-state index in [1.54, 1.807) is 0 Å². The highest BCUT2D eigenvalue weighted by atomic mass is 16.4. The van der Waals surface area contributed by atoms with Crippen molar-refractivity contribution in [3.63, 3.8) is 0 Å². The average Bonchev–Trinajstić information content (AvgIpc) is 2.51. The number of allylic oxidation sites excluding steroid dienone is 1. The smallest absolute Gasteiger partial charge is 0.0790 e. The fraction of sp³-hybridized carbons (Fsp3) is 0.500. The van der Waals surface area contributed by atoms with Crippen LogP contribution in [-0.4, -0.2) is 16.5 Å². The lowest BCUT2D eigenvalue weighted by atomic mass is 10.0. The number of nitrogens with zero attached hydrogens (tertiary/aromatic N) is 1. The highest BCUT2D eigenvalue weighted by molar-refractivity contribution is 5.56. The lowest BCUT2D eigenvalue weighted by molar-refractivity contribution is 0.163. The topological polar surface area (TPSA) is 52.8 Å². The molecule has 0 heterocycles. The fourth-order valence-electron chi connectivity index (χ4n) is 2.23. The van der Waals surface area contributed by atoms with E-state index in [1.165, 1.54) is 19.1 Å². The summed E-state index contributed by atoms with van der Waals surface area (Å²) in [7, 11) is 0. The van der Waals surface area contributed by atoms with Crippen molar-refractivity contribution in [2.45, 2.75) is 58.0 Å². The molecule has 1 aromatic rings. The summed E-state index contributed by atoms with van der Waals surface area (Å²) in [6, 6.07) is 8.10. The molecule has 3 heteroatoms. The van der Waals surface area contributed by atoms with Gasteiger partial charge in [-0.1, -0.05) is 56.5 Å². The van der Waals surface area contributed by atoms with Gasteiger partial charge in [-0.2, -0.15) is 0 Å². The van der Waals surface area contributed by atoms with Crippen molar-refractivity contribution in [1.82, 2.24) is 0 Å². The minimum absolute atomic E-state index is 0.356. The summed E-state index contributed by atoms with van der Waals surface area (Å²) in [5, 5.41) is 21.4. The van der Waals surface area contributed by atoms with Crippen LogP contribution in [0.2, 0.25) is 0 Å². The van der Waals surface area contributed by atoms with E-state index in [0.717, 1.165) is 43.2 Å². The van der Waals surface area contributed by atoms with Crippen LogP contribution in [0, 0.1) is 0 Å². The summed E-state index contributed by atoms with van der Waals surface area (Å²) in [5.74, 6) is 0. The highest BCUT2D eigenvalue weighted by Gasteiger charge is 2.06. The number of oxime groups is 1. The standard InChI is InChI=1S/C18H27NO2/c1-2-3-6-13-18(20)17-12-9-11-16(15-17)10-7-4-5-8-14-19-21/h7,9-12,14-15,18,20-21H,2-6,8,13H2,1H3/b10-7-,19-14+. The van der Waals surface area contributed by atoms with Crippen molar-refractivity contribution >= 4 is 12.3 Å². The lowest BCUT2D eigenvalue weighted by Crippen LogP contribution is -1.97. The third kappa shape index (κ3) is 7.66. The molecule has 1 atom stereocenters. The second-order valence-corrected chi connectivity index (χ2v) is 5.31. The van der Waals surface area contributed by atoms with E-state index < -0.39 is 0 Å². The molecule has 1 unspecified atom stereocenters. The van der Waals surface area contributed by atoms with Gasteiger partial charge in [0, 0.05) is 6.21 Å². The van der Waals surface area contributed by atoms with Crippen LogP contribution in [-0.2, 0) is 0 Å². The van der Waals surface area contributed by atoms with Gasteiger partial charge in [0.2, 0.25) is 0 Å².